The molecule has 0 saturated heterocycles. The molecule has 2 aliphatic rings. The number of carbonyl (C=O) groups excluding carboxylic acids is 1. The number of thiophene rings is 1. The molecule has 0 bridgehead atoms. The third kappa shape index (κ3) is 4.99. The molecule has 2 aliphatic carbocycles. The van der Waals surface area contributed by atoms with Crippen molar-refractivity contribution in [1.29, 1.82) is 0 Å². The van der Waals surface area contributed by atoms with Crippen LogP contribution in [0.15, 0.2) is 59.7 Å². The topological polar surface area (TPSA) is 46.4 Å². The zero-order valence-corrected chi connectivity index (χ0v) is 21.8. The summed E-state index contributed by atoms with van der Waals surface area (Å²) in [6.07, 6.45) is 14.0. The number of fused-ring (bicyclic) bond motifs is 2. The van der Waals surface area contributed by atoms with Gasteiger partial charge in [0.25, 0.3) is 5.91 Å². The molecule has 0 spiro atoms. The molecule has 6 rings (SSSR count). The Labute approximate surface area is 221 Å². The SMILES string of the molecule is O=C(NC1CCCCC1)c1c(N=Cc2cn(Cc3ccccc3F)c3ccccc23)sc2c1CCCC2. The highest BCUT2D eigenvalue weighted by molar-refractivity contribution is 7.16. The first-order chi connectivity index (χ1) is 18.2. The van der Waals surface area contributed by atoms with Gasteiger partial charge in [0, 0.05) is 45.4 Å². The van der Waals surface area contributed by atoms with Crippen LogP contribution in [0.4, 0.5) is 9.39 Å². The van der Waals surface area contributed by atoms with Crippen molar-refractivity contribution in [2.45, 2.75) is 70.4 Å². The lowest BCUT2D eigenvalue weighted by Gasteiger charge is -2.23. The maximum Gasteiger partial charge on any atom is 0.254 e. The van der Waals surface area contributed by atoms with Gasteiger partial charge in [-0.1, -0.05) is 55.7 Å². The average molecular weight is 514 g/mol. The minimum atomic E-state index is -0.201. The molecule has 6 heteroatoms. The summed E-state index contributed by atoms with van der Waals surface area (Å²) in [7, 11) is 0. The van der Waals surface area contributed by atoms with Crippen molar-refractivity contribution in [2.75, 3.05) is 0 Å². The van der Waals surface area contributed by atoms with E-state index in [9.17, 15) is 9.18 Å². The zero-order chi connectivity index (χ0) is 25.2. The van der Waals surface area contributed by atoms with Crippen LogP contribution in [0.5, 0.6) is 0 Å². The van der Waals surface area contributed by atoms with Gasteiger partial charge >= 0.3 is 0 Å². The number of benzene rings is 2. The number of aryl methyl sites for hydroxylation is 1. The molecular weight excluding hydrogens is 481 g/mol. The third-order valence-corrected chi connectivity index (χ3v) is 8.96. The highest BCUT2D eigenvalue weighted by Gasteiger charge is 2.27. The maximum atomic E-state index is 14.4. The number of hydrogen-bond acceptors (Lipinski definition) is 3. The van der Waals surface area contributed by atoms with Crippen LogP contribution in [0.3, 0.4) is 0 Å². The molecule has 2 aromatic carbocycles. The van der Waals surface area contributed by atoms with Gasteiger partial charge in [0.1, 0.15) is 10.8 Å². The number of nitrogens with one attached hydrogen (secondary N) is 1. The van der Waals surface area contributed by atoms with Gasteiger partial charge in [0.05, 0.1) is 12.1 Å². The lowest BCUT2D eigenvalue weighted by molar-refractivity contribution is 0.0927. The van der Waals surface area contributed by atoms with Crippen molar-refractivity contribution in [3.05, 3.63) is 87.7 Å². The number of carbonyl (C=O) groups is 1. The van der Waals surface area contributed by atoms with Gasteiger partial charge < -0.3 is 9.88 Å². The predicted octanol–water partition coefficient (Wildman–Crippen LogP) is 7.58. The number of para-hydroxylation sites is 1. The van der Waals surface area contributed by atoms with Crippen molar-refractivity contribution >= 4 is 39.4 Å². The van der Waals surface area contributed by atoms with Crippen LogP contribution in [0.25, 0.3) is 10.9 Å². The third-order valence-electron chi connectivity index (χ3n) is 7.76. The van der Waals surface area contributed by atoms with Gasteiger partial charge in [-0.05, 0) is 56.2 Å². The fourth-order valence-electron chi connectivity index (χ4n) is 5.83. The summed E-state index contributed by atoms with van der Waals surface area (Å²) in [4.78, 5) is 19.8. The Hall–Kier alpha value is -3.25. The summed E-state index contributed by atoms with van der Waals surface area (Å²) < 4.78 is 16.5. The normalized spacial score (nSPS) is 16.4. The first-order valence-electron chi connectivity index (χ1n) is 13.5. The average Bonchev–Trinajstić information content (AvgIpc) is 3.47. The minimum absolute atomic E-state index is 0.0421. The van der Waals surface area contributed by atoms with E-state index in [1.807, 2.05) is 36.7 Å². The number of rotatable bonds is 6. The Morgan fingerprint density at radius 2 is 1.81 bits per heavy atom. The molecule has 2 heterocycles. The van der Waals surface area contributed by atoms with Crippen molar-refractivity contribution in [3.8, 4) is 0 Å². The van der Waals surface area contributed by atoms with E-state index < -0.39 is 0 Å². The molecule has 1 fully saturated rings. The fourth-order valence-corrected chi connectivity index (χ4v) is 7.06. The molecule has 0 aliphatic heterocycles. The van der Waals surface area contributed by atoms with E-state index in [-0.39, 0.29) is 17.8 Å². The summed E-state index contributed by atoms with van der Waals surface area (Å²) in [6.45, 7) is 0.448. The monoisotopic (exact) mass is 513 g/mol. The number of aliphatic imine (C=N–C) groups is 1. The molecule has 1 N–H and O–H groups in total. The molecular formula is C31H32FN3OS. The van der Waals surface area contributed by atoms with Crippen molar-refractivity contribution in [2.24, 2.45) is 4.99 Å². The lowest BCUT2D eigenvalue weighted by Crippen LogP contribution is -2.36. The van der Waals surface area contributed by atoms with Gasteiger partial charge in [-0.2, -0.15) is 0 Å². The van der Waals surface area contributed by atoms with E-state index in [2.05, 4.69) is 22.0 Å². The van der Waals surface area contributed by atoms with Gasteiger partial charge in [-0.3, -0.25) is 4.79 Å². The van der Waals surface area contributed by atoms with Crippen LogP contribution in [0, 0.1) is 5.82 Å². The van der Waals surface area contributed by atoms with Crippen LogP contribution in [0.2, 0.25) is 0 Å². The number of aromatic nitrogens is 1. The van der Waals surface area contributed by atoms with E-state index >= 15 is 0 Å². The largest absolute Gasteiger partial charge is 0.349 e. The molecule has 1 saturated carbocycles. The fraction of sp³-hybridized carbons (Fsp3) is 0.355. The Kier molecular flexibility index (Phi) is 6.92. The summed E-state index contributed by atoms with van der Waals surface area (Å²) in [5, 5.41) is 5.21. The standard InChI is InChI=1S/C31H32FN3OS/c32-26-15-7-4-10-21(26)19-35-20-22(24-13-5-8-16-27(24)35)18-33-31-29(25-14-6-9-17-28(25)37-31)30(36)34-23-11-2-1-3-12-23/h4-5,7-8,10,13,15-16,18,20,23H,1-3,6,9,11-12,14,17,19H2,(H,34,36). The van der Waals surface area contributed by atoms with Gasteiger partial charge in [-0.25, -0.2) is 9.38 Å². The number of hydrogen-bond donors (Lipinski definition) is 1. The molecule has 190 valence electrons. The van der Waals surface area contributed by atoms with E-state index in [4.69, 9.17) is 4.99 Å². The molecule has 4 aromatic rings. The molecule has 1 amide bonds. The van der Waals surface area contributed by atoms with Crippen molar-refractivity contribution in [1.82, 2.24) is 9.88 Å². The smallest absolute Gasteiger partial charge is 0.254 e. The van der Waals surface area contributed by atoms with E-state index in [1.54, 1.807) is 17.4 Å². The minimum Gasteiger partial charge on any atom is -0.349 e. The van der Waals surface area contributed by atoms with E-state index in [1.165, 1.54) is 42.2 Å². The van der Waals surface area contributed by atoms with Gasteiger partial charge in [0.15, 0.2) is 0 Å². The van der Waals surface area contributed by atoms with E-state index in [0.717, 1.165) is 59.1 Å². The Bertz CT molecular complexity index is 1460. The Morgan fingerprint density at radius 1 is 1.03 bits per heavy atom. The first kappa shape index (κ1) is 24.1. The Balaban J connectivity index is 1.34. The quantitative estimate of drug-likeness (QED) is 0.265. The summed E-state index contributed by atoms with van der Waals surface area (Å²) >= 11 is 1.67. The highest BCUT2D eigenvalue weighted by Crippen LogP contribution is 2.40. The van der Waals surface area contributed by atoms with E-state index in [0.29, 0.717) is 12.1 Å². The molecule has 0 unspecified atom stereocenters. The number of amides is 1. The van der Waals surface area contributed by atoms with Crippen LogP contribution >= 0.6 is 11.3 Å². The lowest BCUT2D eigenvalue weighted by atomic mass is 9.93. The summed E-state index contributed by atoms with van der Waals surface area (Å²) in [6, 6.07) is 15.3. The molecule has 37 heavy (non-hydrogen) atoms. The molecule has 0 atom stereocenters. The van der Waals surface area contributed by atoms with Crippen molar-refractivity contribution in [3.63, 3.8) is 0 Å². The number of halogens is 1. The highest BCUT2D eigenvalue weighted by atomic mass is 32.1. The maximum absolute atomic E-state index is 14.4. The Morgan fingerprint density at radius 3 is 2.68 bits per heavy atom. The molecule has 0 radical (unpaired) electrons. The van der Waals surface area contributed by atoms with Crippen LogP contribution in [-0.4, -0.2) is 22.7 Å². The zero-order valence-electron chi connectivity index (χ0n) is 21.0. The number of nitrogens with zero attached hydrogens (tertiary/aromatic N) is 2. The summed E-state index contributed by atoms with van der Waals surface area (Å²) in [5.41, 5.74) is 4.65. The van der Waals surface area contributed by atoms with Crippen molar-refractivity contribution < 1.29 is 9.18 Å². The molecule has 2 aromatic heterocycles. The van der Waals surface area contributed by atoms with Gasteiger partial charge in [0.2, 0.25) is 0 Å². The second kappa shape index (κ2) is 10.6. The second-order valence-corrected chi connectivity index (χ2v) is 11.4. The van der Waals surface area contributed by atoms with Gasteiger partial charge in [-0.15, -0.1) is 11.3 Å². The van der Waals surface area contributed by atoms with Crippen LogP contribution in [-0.2, 0) is 19.4 Å². The molecule has 4 nitrogen and oxygen atoms in total. The van der Waals surface area contributed by atoms with Crippen LogP contribution < -0.4 is 5.32 Å². The first-order valence-corrected chi connectivity index (χ1v) is 14.3. The predicted molar refractivity (Wildman–Crippen MR) is 150 cm³/mol. The summed E-state index contributed by atoms with van der Waals surface area (Å²) in [5.74, 6) is -0.159. The van der Waals surface area contributed by atoms with Crippen LogP contribution in [0.1, 0.15) is 76.9 Å². The second-order valence-electron chi connectivity index (χ2n) is 10.3.